The number of Topliss-reactive ketones (excluding diaryl/α,β-unsaturated/α-hetero) is 1. The fourth-order valence-corrected chi connectivity index (χ4v) is 7.39. The predicted octanol–water partition coefficient (Wildman–Crippen LogP) is 3.80. The zero-order valence-corrected chi connectivity index (χ0v) is 17.3. The first-order valence-corrected chi connectivity index (χ1v) is 11.0. The normalized spacial score (nSPS) is 46.5. The maximum absolute atomic E-state index is 12.7. The Morgan fingerprint density at radius 1 is 1.07 bits per heavy atom. The van der Waals surface area contributed by atoms with Gasteiger partial charge in [0.1, 0.15) is 11.9 Å². The van der Waals surface area contributed by atoms with Crippen LogP contribution in [0.25, 0.3) is 0 Å². The maximum atomic E-state index is 12.7. The van der Waals surface area contributed by atoms with Gasteiger partial charge in [0.25, 0.3) is 0 Å². The van der Waals surface area contributed by atoms with Crippen LogP contribution >= 0.6 is 0 Å². The minimum absolute atomic E-state index is 0.0782. The molecule has 0 amide bonds. The molecule has 4 fully saturated rings. The molecule has 5 nitrogen and oxygen atoms in total. The van der Waals surface area contributed by atoms with E-state index in [0.29, 0.717) is 37.3 Å². The third-order valence-electron chi connectivity index (χ3n) is 8.94. The van der Waals surface area contributed by atoms with Crippen LogP contribution in [0.3, 0.4) is 0 Å². The maximum Gasteiger partial charge on any atom is 0.303 e. The number of esters is 1. The van der Waals surface area contributed by atoms with Gasteiger partial charge in [-0.2, -0.15) is 0 Å². The van der Waals surface area contributed by atoms with Gasteiger partial charge in [0.05, 0.1) is 13.2 Å². The molecule has 0 bridgehead atoms. The molecule has 0 unspecified atom stereocenters. The first-order chi connectivity index (χ1) is 13.3. The van der Waals surface area contributed by atoms with E-state index in [4.69, 9.17) is 14.2 Å². The second-order valence-corrected chi connectivity index (χ2v) is 10.2. The SMILES string of the molecule is CC(=O)O[C@H]1C=C2CC3(CC[C@]2(C)[C@H]2CC[C@]4(C)C(=O)CC[C@H]4[C@H]12)OCCO3. The number of ketones is 1. The Bertz CT molecular complexity index is 735. The summed E-state index contributed by atoms with van der Waals surface area (Å²) in [5.74, 6) is 0.688. The number of carbonyl (C=O) groups excluding carboxylic acids is 2. The molecular formula is C23H32O5. The standard InChI is InChI=1S/C23H32O5/c1-14(24)28-18-12-15-13-23(26-10-11-27-23)9-8-21(15,2)17-6-7-22(3)16(20(17)18)4-5-19(22)25/h12,16-18,20H,4-11,13H2,1-3H3/t16-,17-,18-,20-,21-,22-/m0/s1. The van der Waals surface area contributed by atoms with Crippen LogP contribution < -0.4 is 0 Å². The molecule has 154 valence electrons. The lowest BCUT2D eigenvalue weighted by atomic mass is 9.47. The molecule has 0 aromatic heterocycles. The van der Waals surface area contributed by atoms with Gasteiger partial charge in [0, 0.05) is 37.5 Å². The lowest BCUT2D eigenvalue weighted by molar-refractivity contribution is -0.190. The monoisotopic (exact) mass is 388 g/mol. The summed E-state index contributed by atoms with van der Waals surface area (Å²) in [5.41, 5.74) is 1.17. The first kappa shape index (κ1) is 18.8. The van der Waals surface area contributed by atoms with Crippen LogP contribution in [0.4, 0.5) is 0 Å². The molecule has 1 heterocycles. The van der Waals surface area contributed by atoms with E-state index in [1.165, 1.54) is 12.5 Å². The summed E-state index contributed by atoms with van der Waals surface area (Å²) in [6.07, 6.45) is 8.30. The van der Waals surface area contributed by atoms with Crippen LogP contribution in [0.1, 0.15) is 65.7 Å². The zero-order valence-electron chi connectivity index (χ0n) is 17.3. The number of fused-ring (bicyclic) bond motifs is 5. The highest BCUT2D eigenvalue weighted by Gasteiger charge is 2.63. The Balaban J connectivity index is 1.56. The molecule has 6 atom stereocenters. The van der Waals surface area contributed by atoms with Crippen LogP contribution in [0.15, 0.2) is 11.6 Å². The fourth-order valence-electron chi connectivity index (χ4n) is 7.39. The van der Waals surface area contributed by atoms with Crippen LogP contribution in [-0.4, -0.2) is 36.9 Å². The molecule has 3 saturated carbocycles. The minimum Gasteiger partial charge on any atom is -0.458 e. The fraction of sp³-hybridized carbons (Fsp3) is 0.826. The van der Waals surface area contributed by atoms with Crippen molar-refractivity contribution in [3.8, 4) is 0 Å². The summed E-state index contributed by atoms with van der Waals surface area (Å²) in [5, 5.41) is 0. The van der Waals surface area contributed by atoms with E-state index in [1.807, 2.05) is 0 Å². The second kappa shape index (κ2) is 6.15. The van der Waals surface area contributed by atoms with Crippen LogP contribution in [0, 0.1) is 28.6 Å². The van der Waals surface area contributed by atoms with E-state index in [2.05, 4.69) is 19.9 Å². The number of hydrogen-bond acceptors (Lipinski definition) is 5. The number of ether oxygens (including phenoxy) is 3. The van der Waals surface area contributed by atoms with Crippen molar-refractivity contribution in [3.05, 3.63) is 11.6 Å². The van der Waals surface area contributed by atoms with Crippen LogP contribution in [0.5, 0.6) is 0 Å². The highest BCUT2D eigenvalue weighted by molar-refractivity contribution is 5.87. The van der Waals surface area contributed by atoms with Crippen molar-refractivity contribution in [3.63, 3.8) is 0 Å². The molecule has 4 aliphatic carbocycles. The number of hydrogen-bond donors (Lipinski definition) is 0. The predicted molar refractivity (Wildman–Crippen MR) is 102 cm³/mol. The Morgan fingerprint density at radius 2 is 1.79 bits per heavy atom. The van der Waals surface area contributed by atoms with E-state index >= 15 is 0 Å². The van der Waals surface area contributed by atoms with E-state index in [9.17, 15) is 9.59 Å². The van der Waals surface area contributed by atoms with Gasteiger partial charge in [0.2, 0.25) is 0 Å². The van der Waals surface area contributed by atoms with Crippen molar-refractivity contribution < 1.29 is 23.8 Å². The van der Waals surface area contributed by atoms with Gasteiger partial charge >= 0.3 is 5.97 Å². The Hall–Kier alpha value is -1.20. The second-order valence-electron chi connectivity index (χ2n) is 10.2. The highest BCUT2D eigenvalue weighted by Crippen LogP contribution is 2.65. The third kappa shape index (κ3) is 2.51. The minimum atomic E-state index is -0.481. The topological polar surface area (TPSA) is 61.8 Å². The van der Waals surface area contributed by atoms with Gasteiger partial charge in [-0.3, -0.25) is 9.59 Å². The highest BCUT2D eigenvalue weighted by atomic mass is 16.7. The average Bonchev–Trinajstić information content (AvgIpc) is 3.21. The van der Waals surface area contributed by atoms with Gasteiger partial charge in [-0.25, -0.2) is 0 Å². The summed E-state index contributed by atoms with van der Waals surface area (Å²) in [4.78, 5) is 24.7. The van der Waals surface area contributed by atoms with Gasteiger partial charge < -0.3 is 14.2 Å². The smallest absolute Gasteiger partial charge is 0.303 e. The van der Waals surface area contributed by atoms with E-state index in [-0.39, 0.29) is 28.8 Å². The zero-order chi connectivity index (χ0) is 19.7. The Kier molecular flexibility index (Phi) is 4.13. The van der Waals surface area contributed by atoms with Gasteiger partial charge in [0.15, 0.2) is 5.79 Å². The molecule has 0 N–H and O–H groups in total. The molecule has 5 heteroatoms. The quantitative estimate of drug-likeness (QED) is 0.505. The summed E-state index contributed by atoms with van der Waals surface area (Å²) >= 11 is 0. The summed E-state index contributed by atoms with van der Waals surface area (Å²) in [6.45, 7) is 7.36. The van der Waals surface area contributed by atoms with Crippen molar-refractivity contribution in [2.24, 2.45) is 28.6 Å². The number of carbonyl (C=O) groups is 2. The van der Waals surface area contributed by atoms with E-state index < -0.39 is 5.79 Å². The molecule has 1 saturated heterocycles. The van der Waals surface area contributed by atoms with Gasteiger partial charge in [-0.15, -0.1) is 0 Å². The van der Waals surface area contributed by atoms with E-state index in [0.717, 1.165) is 38.5 Å². The Morgan fingerprint density at radius 3 is 2.50 bits per heavy atom. The molecular weight excluding hydrogens is 356 g/mol. The molecule has 0 aromatic rings. The average molecular weight is 389 g/mol. The van der Waals surface area contributed by atoms with Crippen molar-refractivity contribution in [2.75, 3.05) is 13.2 Å². The Labute approximate surface area is 167 Å². The third-order valence-corrected chi connectivity index (χ3v) is 8.94. The van der Waals surface area contributed by atoms with Gasteiger partial charge in [-0.05, 0) is 49.0 Å². The summed E-state index contributed by atoms with van der Waals surface area (Å²) < 4.78 is 17.9. The summed E-state index contributed by atoms with van der Waals surface area (Å²) in [7, 11) is 0. The van der Waals surface area contributed by atoms with Crippen molar-refractivity contribution in [2.45, 2.75) is 77.6 Å². The van der Waals surface area contributed by atoms with Crippen molar-refractivity contribution in [1.82, 2.24) is 0 Å². The lowest BCUT2D eigenvalue weighted by Gasteiger charge is -2.59. The molecule has 0 aromatic carbocycles. The first-order valence-electron chi connectivity index (χ1n) is 11.0. The van der Waals surface area contributed by atoms with Crippen LogP contribution in [0.2, 0.25) is 0 Å². The molecule has 1 aliphatic heterocycles. The largest absolute Gasteiger partial charge is 0.458 e. The van der Waals surface area contributed by atoms with Crippen molar-refractivity contribution in [1.29, 1.82) is 0 Å². The van der Waals surface area contributed by atoms with Gasteiger partial charge in [-0.1, -0.05) is 19.4 Å². The molecule has 1 spiro atoms. The molecule has 28 heavy (non-hydrogen) atoms. The lowest BCUT2D eigenvalue weighted by Crippen LogP contribution is -2.56. The summed E-state index contributed by atoms with van der Waals surface area (Å²) in [6, 6.07) is 0. The van der Waals surface area contributed by atoms with Crippen molar-refractivity contribution >= 4 is 11.8 Å². The van der Waals surface area contributed by atoms with E-state index in [1.54, 1.807) is 0 Å². The molecule has 0 radical (unpaired) electrons. The number of rotatable bonds is 1. The molecule has 5 rings (SSSR count). The molecule has 5 aliphatic rings. The van der Waals surface area contributed by atoms with Crippen LogP contribution in [-0.2, 0) is 23.8 Å².